The molecule has 17 heavy (non-hydrogen) atoms. The molecule has 1 saturated heterocycles. The summed E-state index contributed by atoms with van der Waals surface area (Å²) in [6, 6.07) is 5.41. The van der Waals surface area contributed by atoms with Crippen LogP contribution in [-0.2, 0) is 0 Å². The van der Waals surface area contributed by atoms with Crippen LogP contribution in [0.1, 0.15) is 24.5 Å². The first-order valence-electron chi connectivity index (χ1n) is 6.03. The average Bonchev–Trinajstić information content (AvgIpc) is 2.82. The fourth-order valence-corrected chi connectivity index (χ4v) is 2.33. The molecule has 0 aromatic heterocycles. The molecule has 1 aromatic rings. The minimum absolute atomic E-state index is 0.505. The molecule has 4 N–H and O–H groups in total. The van der Waals surface area contributed by atoms with Crippen molar-refractivity contribution in [3.05, 3.63) is 23.8 Å². The van der Waals surface area contributed by atoms with Gasteiger partial charge in [0.1, 0.15) is 5.75 Å². The molecule has 2 atom stereocenters. The zero-order valence-corrected chi connectivity index (χ0v) is 10.1. The summed E-state index contributed by atoms with van der Waals surface area (Å²) in [4.78, 5) is 0. The Morgan fingerprint density at radius 2 is 2.41 bits per heavy atom. The Kier molecular flexibility index (Phi) is 3.86. The Morgan fingerprint density at radius 1 is 1.59 bits per heavy atom. The molecule has 1 fully saturated rings. The van der Waals surface area contributed by atoms with E-state index in [0.29, 0.717) is 11.6 Å². The van der Waals surface area contributed by atoms with Gasteiger partial charge in [-0.25, -0.2) is 0 Å². The van der Waals surface area contributed by atoms with Crippen LogP contribution in [-0.4, -0.2) is 25.3 Å². The maximum absolute atomic E-state index is 10.2. The molecule has 0 bridgehead atoms. The summed E-state index contributed by atoms with van der Waals surface area (Å²) < 4.78 is 5.15. The SMILES string of the molecule is COc1ccc(N)c(C(O)CC2CCNC2)c1. The maximum Gasteiger partial charge on any atom is 0.119 e. The highest BCUT2D eigenvalue weighted by molar-refractivity contribution is 5.51. The van der Waals surface area contributed by atoms with Crippen LogP contribution >= 0.6 is 0 Å². The van der Waals surface area contributed by atoms with Gasteiger partial charge in [0, 0.05) is 11.3 Å². The first-order valence-corrected chi connectivity index (χ1v) is 6.03. The van der Waals surface area contributed by atoms with Gasteiger partial charge in [-0.05, 0) is 50.0 Å². The van der Waals surface area contributed by atoms with Gasteiger partial charge in [0.15, 0.2) is 0 Å². The Morgan fingerprint density at radius 3 is 3.06 bits per heavy atom. The summed E-state index contributed by atoms with van der Waals surface area (Å²) in [6.45, 7) is 2.03. The van der Waals surface area contributed by atoms with Crippen molar-refractivity contribution in [3.8, 4) is 5.75 Å². The fourth-order valence-electron chi connectivity index (χ4n) is 2.33. The number of anilines is 1. The van der Waals surface area contributed by atoms with Gasteiger partial charge >= 0.3 is 0 Å². The van der Waals surface area contributed by atoms with Crippen molar-refractivity contribution in [1.82, 2.24) is 5.32 Å². The minimum atomic E-state index is -0.505. The number of benzene rings is 1. The molecule has 2 rings (SSSR count). The second-order valence-electron chi connectivity index (χ2n) is 4.61. The number of ether oxygens (including phenoxy) is 1. The van der Waals surface area contributed by atoms with E-state index < -0.39 is 6.10 Å². The molecule has 2 unspecified atom stereocenters. The smallest absolute Gasteiger partial charge is 0.119 e. The van der Waals surface area contributed by atoms with Gasteiger partial charge in [0.2, 0.25) is 0 Å². The maximum atomic E-state index is 10.2. The van der Waals surface area contributed by atoms with Gasteiger partial charge in [0.25, 0.3) is 0 Å². The molecule has 1 heterocycles. The first-order chi connectivity index (χ1) is 8.20. The third-order valence-electron chi connectivity index (χ3n) is 3.37. The zero-order valence-electron chi connectivity index (χ0n) is 10.1. The van der Waals surface area contributed by atoms with Crippen LogP contribution in [0.5, 0.6) is 5.75 Å². The Hall–Kier alpha value is -1.26. The van der Waals surface area contributed by atoms with E-state index in [4.69, 9.17) is 10.5 Å². The van der Waals surface area contributed by atoms with Crippen molar-refractivity contribution in [3.63, 3.8) is 0 Å². The summed E-state index contributed by atoms with van der Waals surface area (Å²) in [5.74, 6) is 1.27. The number of hydrogen-bond acceptors (Lipinski definition) is 4. The summed E-state index contributed by atoms with van der Waals surface area (Å²) in [6.07, 6.45) is 1.38. The first kappa shape index (κ1) is 12.2. The molecular formula is C13H20N2O2. The normalized spacial score (nSPS) is 21.4. The van der Waals surface area contributed by atoms with Crippen LogP contribution in [0.3, 0.4) is 0 Å². The van der Waals surface area contributed by atoms with Crippen LogP contribution in [0, 0.1) is 5.92 Å². The lowest BCUT2D eigenvalue weighted by Crippen LogP contribution is -2.12. The number of nitrogens with one attached hydrogen (secondary N) is 1. The molecule has 4 heteroatoms. The number of nitrogen functional groups attached to an aromatic ring is 1. The minimum Gasteiger partial charge on any atom is -0.497 e. The largest absolute Gasteiger partial charge is 0.497 e. The fraction of sp³-hybridized carbons (Fsp3) is 0.538. The van der Waals surface area contributed by atoms with Crippen molar-refractivity contribution >= 4 is 5.69 Å². The lowest BCUT2D eigenvalue weighted by Gasteiger charge is -2.17. The Balaban J connectivity index is 2.08. The quantitative estimate of drug-likeness (QED) is 0.690. The molecule has 0 saturated carbocycles. The highest BCUT2D eigenvalue weighted by Gasteiger charge is 2.21. The van der Waals surface area contributed by atoms with E-state index in [2.05, 4.69) is 5.32 Å². The molecule has 94 valence electrons. The highest BCUT2D eigenvalue weighted by atomic mass is 16.5. The second-order valence-corrected chi connectivity index (χ2v) is 4.61. The van der Waals surface area contributed by atoms with Gasteiger partial charge < -0.3 is 20.9 Å². The van der Waals surface area contributed by atoms with E-state index in [1.54, 1.807) is 13.2 Å². The van der Waals surface area contributed by atoms with Gasteiger partial charge in [0.05, 0.1) is 13.2 Å². The van der Waals surface area contributed by atoms with Crippen molar-refractivity contribution in [2.24, 2.45) is 5.92 Å². The molecule has 0 radical (unpaired) electrons. The Labute approximate surface area is 102 Å². The van der Waals surface area contributed by atoms with E-state index in [9.17, 15) is 5.11 Å². The third-order valence-corrected chi connectivity index (χ3v) is 3.37. The Bertz CT molecular complexity index is 376. The molecule has 1 aromatic carbocycles. The number of aliphatic hydroxyl groups excluding tert-OH is 1. The molecule has 4 nitrogen and oxygen atoms in total. The monoisotopic (exact) mass is 236 g/mol. The molecule has 0 spiro atoms. The van der Waals surface area contributed by atoms with E-state index in [1.165, 1.54) is 0 Å². The van der Waals surface area contributed by atoms with Crippen molar-refractivity contribution in [2.75, 3.05) is 25.9 Å². The van der Waals surface area contributed by atoms with Crippen LogP contribution in [0.25, 0.3) is 0 Å². The predicted octanol–water partition coefficient (Wildman–Crippen LogP) is 1.31. The number of hydrogen-bond donors (Lipinski definition) is 3. The standard InChI is InChI=1S/C13H20N2O2/c1-17-10-2-3-12(14)11(7-10)13(16)6-9-4-5-15-8-9/h2-3,7,9,13,15-16H,4-6,8,14H2,1H3. The topological polar surface area (TPSA) is 67.5 Å². The summed E-state index contributed by atoms with van der Waals surface area (Å²) in [5.41, 5.74) is 7.29. The number of nitrogens with two attached hydrogens (primary N) is 1. The lowest BCUT2D eigenvalue weighted by molar-refractivity contribution is 0.148. The highest BCUT2D eigenvalue weighted by Crippen LogP contribution is 2.30. The lowest BCUT2D eigenvalue weighted by atomic mass is 9.95. The van der Waals surface area contributed by atoms with E-state index in [1.807, 2.05) is 12.1 Å². The van der Waals surface area contributed by atoms with Crippen molar-refractivity contribution in [1.29, 1.82) is 0 Å². The molecule has 0 amide bonds. The van der Waals surface area contributed by atoms with E-state index >= 15 is 0 Å². The molecular weight excluding hydrogens is 216 g/mol. The average molecular weight is 236 g/mol. The molecule has 1 aliphatic rings. The summed E-state index contributed by atoms with van der Waals surface area (Å²) in [7, 11) is 1.61. The van der Waals surface area contributed by atoms with Crippen LogP contribution < -0.4 is 15.8 Å². The molecule has 1 aliphatic heterocycles. The third kappa shape index (κ3) is 2.90. The van der Waals surface area contributed by atoms with Crippen LogP contribution in [0.2, 0.25) is 0 Å². The van der Waals surface area contributed by atoms with Crippen molar-refractivity contribution < 1.29 is 9.84 Å². The summed E-state index contributed by atoms with van der Waals surface area (Å²) in [5, 5.41) is 13.5. The summed E-state index contributed by atoms with van der Waals surface area (Å²) >= 11 is 0. The molecule has 0 aliphatic carbocycles. The predicted molar refractivity (Wildman–Crippen MR) is 68.0 cm³/mol. The van der Waals surface area contributed by atoms with Crippen molar-refractivity contribution in [2.45, 2.75) is 18.9 Å². The number of rotatable bonds is 4. The van der Waals surface area contributed by atoms with Crippen LogP contribution in [0.15, 0.2) is 18.2 Å². The van der Waals surface area contributed by atoms with Crippen LogP contribution in [0.4, 0.5) is 5.69 Å². The zero-order chi connectivity index (χ0) is 12.3. The number of aliphatic hydroxyl groups is 1. The number of methoxy groups -OCH3 is 1. The van der Waals surface area contributed by atoms with Gasteiger partial charge in [-0.1, -0.05) is 0 Å². The second kappa shape index (κ2) is 5.38. The van der Waals surface area contributed by atoms with Gasteiger partial charge in [-0.2, -0.15) is 0 Å². The van der Waals surface area contributed by atoms with E-state index in [-0.39, 0.29) is 0 Å². The van der Waals surface area contributed by atoms with E-state index in [0.717, 1.165) is 37.2 Å². The van der Waals surface area contributed by atoms with Gasteiger partial charge in [-0.3, -0.25) is 0 Å². The van der Waals surface area contributed by atoms with Gasteiger partial charge in [-0.15, -0.1) is 0 Å².